The van der Waals surface area contributed by atoms with Gasteiger partial charge in [0.15, 0.2) is 0 Å². The monoisotopic (exact) mass is 461 g/mol. The molecule has 1 spiro atoms. The fourth-order valence-corrected chi connectivity index (χ4v) is 6.26. The summed E-state index contributed by atoms with van der Waals surface area (Å²) in [5.74, 6) is -0.0432. The standard InChI is InChI=1S/C26H27N3O3S/c1-33(31,32)29-18-26(23-6-2-3-7-24(23)29)14-12-20(13-15-26)25(30)28-22-10-8-19(9-11-22)21-5-4-16-27-17-21/h2-11,16-17,20H,12-15,18H2,1H3,(H,28,30)/t20-,26-. The summed E-state index contributed by atoms with van der Waals surface area (Å²) in [5, 5.41) is 3.06. The van der Waals surface area contributed by atoms with Gasteiger partial charge in [-0.25, -0.2) is 8.42 Å². The van der Waals surface area contributed by atoms with E-state index in [4.69, 9.17) is 0 Å². The molecule has 0 unspecified atom stereocenters. The molecule has 0 atom stereocenters. The molecule has 7 heteroatoms. The van der Waals surface area contributed by atoms with Gasteiger partial charge >= 0.3 is 0 Å². The van der Waals surface area contributed by atoms with Crippen molar-refractivity contribution in [3.63, 3.8) is 0 Å². The molecular formula is C26H27N3O3S. The third-order valence-corrected chi connectivity index (χ3v) is 8.18. The molecule has 1 fully saturated rings. The number of anilines is 2. The minimum absolute atomic E-state index is 0.0326. The van der Waals surface area contributed by atoms with Crippen LogP contribution >= 0.6 is 0 Å². The number of rotatable bonds is 4. The number of hydrogen-bond donors (Lipinski definition) is 1. The molecule has 2 aromatic carbocycles. The van der Waals surface area contributed by atoms with Gasteiger partial charge in [-0.1, -0.05) is 36.4 Å². The van der Waals surface area contributed by atoms with Gasteiger partial charge in [0.2, 0.25) is 15.9 Å². The van der Waals surface area contributed by atoms with Crippen molar-refractivity contribution in [3.05, 3.63) is 78.6 Å². The maximum absolute atomic E-state index is 13.0. The third kappa shape index (κ3) is 4.13. The predicted molar refractivity (Wildman–Crippen MR) is 131 cm³/mol. The summed E-state index contributed by atoms with van der Waals surface area (Å²) in [5.41, 5.74) is 4.55. The number of carbonyl (C=O) groups excluding carboxylic acids is 1. The van der Waals surface area contributed by atoms with E-state index in [1.165, 1.54) is 10.6 Å². The Morgan fingerprint density at radius 1 is 1.00 bits per heavy atom. The van der Waals surface area contributed by atoms with Crippen LogP contribution in [-0.4, -0.2) is 32.1 Å². The summed E-state index contributed by atoms with van der Waals surface area (Å²) < 4.78 is 26.3. The first-order valence-corrected chi connectivity index (χ1v) is 13.1. The van der Waals surface area contributed by atoms with Crippen molar-refractivity contribution in [2.75, 3.05) is 22.4 Å². The minimum Gasteiger partial charge on any atom is -0.326 e. The smallest absolute Gasteiger partial charge is 0.232 e. The fraction of sp³-hybridized carbons (Fsp3) is 0.308. The minimum atomic E-state index is -3.34. The lowest BCUT2D eigenvalue weighted by molar-refractivity contribution is -0.121. The van der Waals surface area contributed by atoms with Crippen LogP contribution in [0.1, 0.15) is 31.2 Å². The summed E-state index contributed by atoms with van der Waals surface area (Å²) >= 11 is 0. The van der Waals surface area contributed by atoms with Gasteiger partial charge in [-0.15, -0.1) is 0 Å². The number of aromatic nitrogens is 1. The van der Waals surface area contributed by atoms with Gasteiger partial charge in [0.25, 0.3) is 0 Å². The molecule has 170 valence electrons. The van der Waals surface area contributed by atoms with E-state index in [0.29, 0.717) is 6.54 Å². The Morgan fingerprint density at radius 3 is 2.39 bits per heavy atom. The molecule has 0 saturated heterocycles. The van der Waals surface area contributed by atoms with Gasteiger partial charge < -0.3 is 5.32 Å². The van der Waals surface area contributed by atoms with E-state index in [9.17, 15) is 13.2 Å². The SMILES string of the molecule is CS(=O)(=O)N1C[C@]2(CC[C@@H](C(=O)Nc3ccc(-c4cccnc4)cc3)CC2)c2ccccc21. The Labute approximate surface area is 194 Å². The van der Waals surface area contributed by atoms with E-state index in [-0.39, 0.29) is 17.2 Å². The summed E-state index contributed by atoms with van der Waals surface area (Å²) in [6.45, 7) is 0.468. The average molecular weight is 462 g/mol. The van der Waals surface area contributed by atoms with Crippen LogP contribution in [0.4, 0.5) is 11.4 Å². The Morgan fingerprint density at radius 2 is 1.73 bits per heavy atom. The highest BCUT2D eigenvalue weighted by Gasteiger charge is 2.47. The highest BCUT2D eigenvalue weighted by molar-refractivity contribution is 7.92. The zero-order valence-corrected chi connectivity index (χ0v) is 19.4. The molecule has 6 nitrogen and oxygen atoms in total. The van der Waals surface area contributed by atoms with Crippen LogP contribution in [0.3, 0.4) is 0 Å². The van der Waals surface area contributed by atoms with Crippen molar-refractivity contribution in [3.8, 4) is 11.1 Å². The maximum Gasteiger partial charge on any atom is 0.232 e. The topological polar surface area (TPSA) is 79.4 Å². The van der Waals surface area contributed by atoms with Crippen molar-refractivity contribution in [2.45, 2.75) is 31.1 Å². The van der Waals surface area contributed by atoms with Gasteiger partial charge in [-0.3, -0.25) is 14.1 Å². The van der Waals surface area contributed by atoms with E-state index in [1.807, 2.05) is 66.9 Å². The number of carbonyl (C=O) groups is 1. The number of amides is 1. The summed E-state index contributed by atoms with van der Waals surface area (Å²) in [7, 11) is -3.34. The predicted octanol–water partition coefficient (Wildman–Crippen LogP) is 4.59. The molecule has 1 aliphatic carbocycles. The Kier molecular flexibility index (Phi) is 5.44. The number of hydrogen-bond acceptors (Lipinski definition) is 4. The first kappa shape index (κ1) is 21.6. The van der Waals surface area contributed by atoms with Crippen molar-refractivity contribution in [1.29, 1.82) is 0 Å². The van der Waals surface area contributed by atoms with E-state index < -0.39 is 10.0 Å². The number of nitrogens with one attached hydrogen (secondary N) is 1. The van der Waals surface area contributed by atoms with Crippen molar-refractivity contribution < 1.29 is 13.2 Å². The molecule has 1 amide bonds. The molecule has 0 radical (unpaired) electrons. The molecule has 0 bridgehead atoms. The summed E-state index contributed by atoms with van der Waals surface area (Å²) in [6, 6.07) is 19.5. The normalized spacial score (nSPS) is 22.2. The fourth-order valence-electron chi connectivity index (χ4n) is 5.26. The highest BCUT2D eigenvalue weighted by atomic mass is 32.2. The van der Waals surface area contributed by atoms with E-state index in [2.05, 4.69) is 10.3 Å². The molecule has 1 N–H and O–H groups in total. The number of pyridine rings is 1. The molecule has 2 aliphatic rings. The van der Waals surface area contributed by atoms with Crippen LogP contribution in [0, 0.1) is 5.92 Å². The summed E-state index contributed by atoms with van der Waals surface area (Å²) in [4.78, 5) is 17.1. The van der Waals surface area contributed by atoms with Gasteiger partial charge in [-0.2, -0.15) is 0 Å². The van der Waals surface area contributed by atoms with Gasteiger partial charge in [-0.05, 0) is 66.6 Å². The number of nitrogens with zero attached hydrogens (tertiary/aromatic N) is 2. The molecule has 2 heterocycles. The molecule has 1 saturated carbocycles. The van der Waals surface area contributed by atoms with Gasteiger partial charge in [0, 0.05) is 36.0 Å². The molecule has 33 heavy (non-hydrogen) atoms. The molecule has 1 aliphatic heterocycles. The maximum atomic E-state index is 13.0. The van der Waals surface area contributed by atoms with E-state index in [0.717, 1.165) is 53.7 Å². The zero-order valence-electron chi connectivity index (χ0n) is 18.6. The first-order chi connectivity index (χ1) is 15.9. The highest BCUT2D eigenvalue weighted by Crippen LogP contribution is 2.51. The molecular weight excluding hydrogens is 434 g/mol. The molecule has 1 aromatic heterocycles. The van der Waals surface area contributed by atoms with E-state index >= 15 is 0 Å². The number of para-hydroxylation sites is 1. The number of benzene rings is 2. The third-order valence-electron chi connectivity index (χ3n) is 7.05. The second-order valence-electron chi connectivity index (χ2n) is 9.15. The van der Waals surface area contributed by atoms with Crippen molar-refractivity contribution in [2.24, 2.45) is 5.92 Å². The lowest BCUT2D eigenvalue weighted by Gasteiger charge is -2.37. The Bertz CT molecular complexity index is 1270. The van der Waals surface area contributed by atoms with Crippen LogP contribution < -0.4 is 9.62 Å². The second-order valence-corrected chi connectivity index (χ2v) is 11.1. The van der Waals surface area contributed by atoms with Crippen LogP contribution in [-0.2, 0) is 20.2 Å². The van der Waals surface area contributed by atoms with Gasteiger partial charge in [0.1, 0.15) is 0 Å². The van der Waals surface area contributed by atoms with Crippen LogP contribution in [0.25, 0.3) is 11.1 Å². The largest absolute Gasteiger partial charge is 0.326 e. The van der Waals surface area contributed by atoms with Crippen LogP contribution in [0.15, 0.2) is 73.1 Å². The lowest BCUT2D eigenvalue weighted by Crippen LogP contribution is -2.40. The quantitative estimate of drug-likeness (QED) is 0.616. The molecule has 5 rings (SSSR count). The average Bonchev–Trinajstić information content (AvgIpc) is 3.15. The number of sulfonamides is 1. The second kappa shape index (κ2) is 8.30. The van der Waals surface area contributed by atoms with Gasteiger partial charge in [0.05, 0.1) is 11.9 Å². The number of fused-ring (bicyclic) bond motifs is 2. The van der Waals surface area contributed by atoms with Crippen LogP contribution in [0.2, 0.25) is 0 Å². The summed E-state index contributed by atoms with van der Waals surface area (Å²) in [6.07, 6.45) is 7.91. The van der Waals surface area contributed by atoms with E-state index in [1.54, 1.807) is 6.20 Å². The van der Waals surface area contributed by atoms with Crippen molar-refractivity contribution in [1.82, 2.24) is 4.98 Å². The Balaban J connectivity index is 1.26. The Hall–Kier alpha value is -3.19. The van der Waals surface area contributed by atoms with Crippen molar-refractivity contribution >= 4 is 27.3 Å². The first-order valence-electron chi connectivity index (χ1n) is 11.2. The van der Waals surface area contributed by atoms with Crippen LogP contribution in [0.5, 0.6) is 0 Å². The lowest BCUT2D eigenvalue weighted by atomic mass is 9.67. The molecule has 3 aromatic rings. The zero-order chi connectivity index (χ0) is 23.1.